The highest BCUT2D eigenvalue weighted by Gasteiger charge is 2.10. The lowest BCUT2D eigenvalue weighted by Crippen LogP contribution is -2.18. The van der Waals surface area contributed by atoms with Crippen LogP contribution in [-0.4, -0.2) is 25.8 Å². The molecule has 1 aromatic rings. The van der Waals surface area contributed by atoms with Gasteiger partial charge >= 0.3 is 0 Å². The minimum Gasteiger partial charge on any atom is -0.376 e. The highest BCUT2D eigenvalue weighted by molar-refractivity contribution is 6.31. The van der Waals surface area contributed by atoms with Gasteiger partial charge in [0.1, 0.15) is 5.78 Å². The summed E-state index contributed by atoms with van der Waals surface area (Å²) in [7, 11) is 3.73. The standard InChI is InChI=1S/C12H15ClN2O2/c1-8(16)6-12(17)14-10-7-9(13)4-5-11(10)15(2)3/h4-5,7H,6H2,1-3H3,(H,14,17). The zero-order valence-corrected chi connectivity index (χ0v) is 10.8. The molecule has 0 atom stereocenters. The number of carbonyl (C=O) groups is 2. The molecule has 1 aromatic carbocycles. The average Bonchev–Trinajstić information content (AvgIpc) is 2.15. The Morgan fingerprint density at radius 2 is 2.00 bits per heavy atom. The van der Waals surface area contributed by atoms with E-state index in [1.807, 2.05) is 25.1 Å². The molecule has 0 aliphatic carbocycles. The topological polar surface area (TPSA) is 49.4 Å². The molecule has 1 rings (SSSR count). The molecular weight excluding hydrogens is 240 g/mol. The lowest BCUT2D eigenvalue weighted by atomic mass is 10.2. The number of Topliss-reactive ketones (excluding diaryl/α,β-unsaturated/α-hetero) is 1. The maximum Gasteiger partial charge on any atom is 0.231 e. The van der Waals surface area contributed by atoms with Gasteiger partial charge in [-0.2, -0.15) is 0 Å². The Balaban J connectivity index is 2.92. The van der Waals surface area contributed by atoms with Crippen LogP contribution in [0.4, 0.5) is 11.4 Å². The third kappa shape index (κ3) is 4.07. The summed E-state index contributed by atoms with van der Waals surface area (Å²) in [4.78, 5) is 24.2. The molecule has 1 N–H and O–H groups in total. The van der Waals surface area contributed by atoms with E-state index in [1.54, 1.807) is 12.1 Å². The van der Waals surface area contributed by atoms with Gasteiger partial charge in [0.2, 0.25) is 5.91 Å². The molecular formula is C12H15ClN2O2. The molecule has 0 saturated heterocycles. The summed E-state index contributed by atoms with van der Waals surface area (Å²) in [5.41, 5.74) is 1.44. The van der Waals surface area contributed by atoms with Crippen molar-refractivity contribution in [2.75, 3.05) is 24.3 Å². The van der Waals surface area contributed by atoms with Crippen molar-refractivity contribution in [3.05, 3.63) is 23.2 Å². The number of ketones is 1. The van der Waals surface area contributed by atoms with Gasteiger partial charge in [0.15, 0.2) is 0 Å². The summed E-state index contributed by atoms with van der Waals surface area (Å²) in [6, 6.07) is 5.22. The van der Waals surface area contributed by atoms with Gasteiger partial charge in [0, 0.05) is 19.1 Å². The first-order valence-corrected chi connectivity index (χ1v) is 5.54. The van der Waals surface area contributed by atoms with Gasteiger partial charge in [-0.05, 0) is 25.1 Å². The highest BCUT2D eigenvalue weighted by Crippen LogP contribution is 2.27. The maximum absolute atomic E-state index is 11.5. The largest absolute Gasteiger partial charge is 0.376 e. The number of hydrogen-bond donors (Lipinski definition) is 1. The molecule has 0 saturated carbocycles. The van der Waals surface area contributed by atoms with Crippen LogP contribution < -0.4 is 10.2 Å². The number of rotatable bonds is 4. The highest BCUT2D eigenvalue weighted by atomic mass is 35.5. The quantitative estimate of drug-likeness (QED) is 0.839. The summed E-state index contributed by atoms with van der Waals surface area (Å²) < 4.78 is 0. The van der Waals surface area contributed by atoms with E-state index in [1.165, 1.54) is 6.92 Å². The number of anilines is 2. The number of nitrogens with zero attached hydrogens (tertiary/aromatic N) is 1. The zero-order chi connectivity index (χ0) is 13.0. The Morgan fingerprint density at radius 3 is 2.53 bits per heavy atom. The smallest absolute Gasteiger partial charge is 0.231 e. The molecule has 0 aliphatic rings. The van der Waals surface area contributed by atoms with Crippen LogP contribution in [0.25, 0.3) is 0 Å². The number of hydrogen-bond acceptors (Lipinski definition) is 3. The third-order valence-corrected chi connectivity index (χ3v) is 2.36. The van der Waals surface area contributed by atoms with Crippen LogP contribution in [0.1, 0.15) is 13.3 Å². The molecule has 0 aromatic heterocycles. The molecule has 0 bridgehead atoms. The first-order chi connectivity index (χ1) is 7.90. The molecule has 0 aliphatic heterocycles. The number of benzene rings is 1. The summed E-state index contributed by atoms with van der Waals surface area (Å²) in [5.74, 6) is -0.501. The predicted octanol–water partition coefficient (Wildman–Crippen LogP) is 2.32. The van der Waals surface area contributed by atoms with Crippen LogP contribution in [0.3, 0.4) is 0 Å². The molecule has 0 unspecified atom stereocenters. The molecule has 4 nitrogen and oxygen atoms in total. The monoisotopic (exact) mass is 254 g/mol. The van der Waals surface area contributed by atoms with E-state index in [4.69, 9.17) is 11.6 Å². The Bertz CT molecular complexity index is 444. The molecule has 17 heavy (non-hydrogen) atoms. The molecule has 1 amide bonds. The SMILES string of the molecule is CC(=O)CC(=O)Nc1cc(Cl)ccc1N(C)C. The Hall–Kier alpha value is -1.55. The van der Waals surface area contributed by atoms with E-state index < -0.39 is 0 Å². The molecule has 0 fully saturated rings. The first kappa shape index (κ1) is 13.5. The van der Waals surface area contributed by atoms with E-state index in [-0.39, 0.29) is 18.1 Å². The van der Waals surface area contributed by atoms with Gasteiger partial charge in [-0.1, -0.05) is 11.6 Å². The van der Waals surface area contributed by atoms with Crippen molar-refractivity contribution >= 4 is 34.7 Å². The molecule has 0 heterocycles. The van der Waals surface area contributed by atoms with Gasteiger partial charge in [-0.25, -0.2) is 0 Å². The van der Waals surface area contributed by atoms with Crippen molar-refractivity contribution in [3.63, 3.8) is 0 Å². The number of carbonyl (C=O) groups excluding carboxylic acids is 2. The summed E-state index contributed by atoms with van der Waals surface area (Å²) in [6.45, 7) is 1.38. The van der Waals surface area contributed by atoms with Crippen LogP contribution in [0.2, 0.25) is 5.02 Å². The van der Waals surface area contributed by atoms with Crippen LogP contribution >= 0.6 is 11.6 Å². The van der Waals surface area contributed by atoms with Gasteiger partial charge < -0.3 is 10.2 Å². The van der Waals surface area contributed by atoms with E-state index in [2.05, 4.69) is 5.32 Å². The van der Waals surface area contributed by atoms with Crippen molar-refractivity contribution in [3.8, 4) is 0 Å². The van der Waals surface area contributed by atoms with Gasteiger partial charge in [-0.15, -0.1) is 0 Å². The minimum absolute atomic E-state index is 0.126. The number of amides is 1. The maximum atomic E-state index is 11.5. The fraction of sp³-hybridized carbons (Fsp3) is 0.333. The zero-order valence-electron chi connectivity index (χ0n) is 10.1. The molecule has 92 valence electrons. The second-order valence-corrected chi connectivity index (χ2v) is 4.42. The normalized spacial score (nSPS) is 9.88. The van der Waals surface area contributed by atoms with E-state index in [9.17, 15) is 9.59 Å². The van der Waals surface area contributed by atoms with Crippen LogP contribution in [-0.2, 0) is 9.59 Å². The van der Waals surface area contributed by atoms with Crippen molar-refractivity contribution in [1.82, 2.24) is 0 Å². The summed E-state index contributed by atoms with van der Waals surface area (Å²) in [6.07, 6.45) is -0.126. The number of nitrogens with one attached hydrogen (secondary N) is 1. The van der Waals surface area contributed by atoms with E-state index in [0.29, 0.717) is 10.7 Å². The summed E-state index contributed by atoms with van der Waals surface area (Å²) in [5, 5.41) is 3.21. The van der Waals surface area contributed by atoms with E-state index >= 15 is 0 Å². The summed E-state index contributed by atoms with van der Waals surface area (Å²) >= 11 is 5.87. The van der Waals surface area contributed by atoms with Crippen LogP contribution in [0, 0.1) is 0 Å². The minimum atomic E-state index is -0.331. The predicted molar refractivity (Wildman–Crippen MR) is 69.7 cm³/mol. The fourth-order valence-electron chi connectivity index (χ4n) is 1.42. The van der Waals surface area contributed by atoms with Crippen molar-refractivity contribution in [1.29, 1.82) is 0 Å². The van der Waals surface area contributed by atoms with Gasteiger partial charge in [-0.3, -0.25) is 9.59 Å². The van der Waals surface area contributed by atoms with Gasteiger partial charge in [0.25, 0.3) is 0 Å². The lowest BCUT2D eigenvalue weighted by Gasteiger charge is -2.18. The molecule has 0 radical (unpaired) electrons. The number of halogens is 1. The van der Waals surface area contributed by atoms with Crippen molar-refractivity contribution in [2.24, 2.45) is 0 Å². The average molecular weight is 255 g/mol. The second kappa shape index (κ2) is 5.68. The Labute approximate surface area is 106 Å². The van der Waals surface area contributed by atoms with Gasteiger partial charge in [0.05, 0.1) is 17.8 Å². The molecule has 5 heteroatoms. The molecule has 0 spiro atoms. The Kier molecular flexibility index (Phi) is 4.52. The fourth-order valence-corrected chi connectivity index (χ4v) is 1.59. The Morgan fingerprint density at radius 1 is 1.35 bits per heavy atom. The first-order valence-electron chi connectivity index (χ1n) is 5.16. The van der Waals surface area contributed by atoms with Crippen LogP contribution in [0.5, 0.6) is 0 Å². The van der Waals surface area contributed by atoms with E-state index in [0.717, 1.165) is 5.69 Å². The second-order valence-electron chi connectivity index (χ2n) is 3.98. The van der Waals surface area contributed by atoms with Crippen molar-refractivity contribution in [2.45, 2.75) is 13.3 Å². The lowest BCUT2D eigenvalue weighted by molar-refractivity contribution is -0.124. The third-order valence-electron chi connectivity index (χ3n) is 2.12. The van der Waals surface area contributed by atoms with Crippen molar-refractivity contribution < 1.29 is 9.59 Å². The van der Waals surface area contributed by atoms with Crippen LogP contribution in [0.15, 0.2) is 18.2 Å².